The predicted molar refractivity (Wildman–Crippen MR) is 187 cm³/mol. The molecule has 1 amide bonds. The lowest BCUT2D eigenvalue weighted by atomic mass is 10.0. The molecule has 0 bridgehead atoms. The number of carbonyl (C=O) groups is 1. The number of benzene rings is 1. The monoisotopic (exact) mass is 633 g/mol. The van der Waals surface area contributed by atoms with E-state index in [1.807, 2.05) is 19.1 Å². The number of piperazine rings is 1. The molecule has 0 aliphatic carbocycles. The molecule has 0 radical (unpaired) electrons. The van der Waals surface area contributed by atoms with E-state index in [0.29, 0.717) is 21.3 Å². The Morgan fingerprint density at radius 2 is 1.55 bits per heavy atom. The van der Waals surface area contributed by atoms with Gasteiger partial charge in [0.1, 0.15) is 21.8 Å². The van der Waals surface area contributed by atoms with Gasteiger partial charge in [0.15, 0.2) is 0 Å². The molecule has 0 saturated carbocycles. The largest absolute Gasteiger partial charge is 0.355 e. The van der Waals surface area contributed by atoms with Crippen molar-refractivity contribution >= 4 is 46.1 Å². The van der Waals surface area contributed by atoms with Crippen LogP contribution in [0.2, 0.25) is 0 Å². The molecule has 236 valence electrons. The van der Waals surface area contributed by atoms with Crippen LogP contribution in [-0.4, -0.2) is 57.3 Å². The molecule has 2 aliphatic heterocycles. The number of amides is 1. The van der Waals surface area contributed by atoms with E-state index in [1.54, 1.807) is 16.5 Å². The molecule has 0 unspecified atom stereocenters. The van der Waals surface area contributed by atoms with Crippen LogP contribution < -0.4 is 10.5 Å². The third kappa shape index (κ3) is 8.62. The lowest BCUT2D eigenvalue weighted by molar-refractivity contribution is -0.122. The van der Waals surface area contributed by atoms with Crippen molar-refractivity contribution in [3.8, 4) is 6.07 Å². The summed E-state index contributed by atoms with van der Waals surface area (Å²) < 4.78 is 2.16. The van der Waals surface area contributed by atoms with Gasteiger partial charge in [0.25, 0.3) is 11.5 Å². The van der Waals surface area contributed by atoms with Crippen LogP contribution in [0.15, 0.2) is 40.0 Å². The van der Waals surface area contributed by atoms with E-state index in [0.717, 1.165) is 56.9 Å². The highest BCUT2D eigenvalue weighted by atomic mass is 32.2. The first-order valence-corrected chi connectivity index (χ1v) is 17.5. The number of nitrogens with zero attached hydrogens (tertiary/aromatic N) is 5. The third-order valence-corrected chi connectivity index (χ3v) is 10.2. The van der Waals surface area contributed by atoms with Crippen LogP contribution in [0.25, 0.3) is 6.08 Å². The summed E-state index contributed by atoms with van der Waals surface area (Å²) in [5.41, 5.74) is 2.45. The van der Waals surface area contributed by atoms with Gasteiger partial charge < -0.3 is 4.90 Å². The summed E-state index contributed by atoms with van der Waals surface area (Å²) in [5, 5.41) is 9.84. The van der Waals surface area contributed by atoms with Crippen LogP contribution in [0.5, 0.6) is 0 Å². The Hall–Kier alpha value is -2.93. The number of thioether (sulfide) groups is 1. The van der Waals surface area contributed by atoms with E-state index >= 15 is 0 Å². The van der Waals surface area contributed by atoms with Crippen LogP contribution in [0.4, 0.5) is 5.82 Å². The number of rotatable bonds is 15. The van der Waals surface area contributed by atoms with Gasteiger partial charge in [-0.05, 0) is 30.5 Å². The molecule has 3 heterocycles. The maximum absolute atomic E-state index is 13.5. The summed E-state index contributed by atoms with van der Waals surface area (Å²) in [5.74, 6) is 0.673. The fourth-order valence-electron chi connectivity index (χ4n) is 6.13. The Kier molecular flexibility index (Phi) is 13.1. The Morgan fingerprint density at radius 1 is 0.932 bits per heavy atom. The second-order valence-corrected chi connectivity index (χ2v) is 13.7. The molecule has 44 heavy (non-hydrogen) atoms. The Labute approximate surface area is 272 Å². The van der Waals surface area contributed by atoms with E-state index in [4.69, 9.17) is 12.2 Å². The van der Waals surface area contributed by atoms with Crippen molar-refractivity contribution in [3.63, 3.8) is 0 Å². The third-order valence-electron chi connectivity index (χ3n) is 8.77. The van der Waals surface area contributed by atoms with E-state index in [2.05, 4.69) is 47.1 Å². The molecule has 9 heteroatoms. The summed E-state index contributed by atoms with van der Waals surface area (Å²) in [7, 11) is 1.72. The van der Waals surface area contributed by atoms with Gasteiger partial charge in [0.05, 0.1) is 4.91 Å². The summed E-state index contributed by atoms with van der Waals surface area (Å²) in [6, 6.07) is 12.5. The fraction of sp³-hybridized carbons (Fsp3) is 0.543. The highest BCUT2D eigenvalue weighted by Crippen LogP contribution is 2.36. The van der Waals surface area contributed by atoms with E-state index in [9.17, 15) is 14.9 Å². The summed E-state index contributed by atoms with van der Waals surface area (Å²) in [6.45, 7) is 8.76. The molecule has 0 atom stereocenters. The van der Waals surface area contributed by atoms with E-state index in [-0.39, 0.29) is 17.0 Å². The Balaban J connectivity index is 1.43. The molecule has 0 spiro atoms. The average molecular weight is 634 g/mol. The lowest BCUT2D eigenvalue weighted by Gasteiger charge is -2.37. The summed E-state index contributed by atoms with van der Waals surface area (Å²) >= 11 is 6.96. The summed E-state index contributed by atoms with van der Waals surface area (Å²) in [4.78, 5) is 33.6. The van der Waals surface area contributed by atoms with Gasteiger partial charge >= 0.3 is 0 Å². The van der Waals surface area contributed by atoms with Crippen molar-refractivity contribution in [1.82, 2.24) is 14.4 Å². The maximum atomic E-state index is 13.5. The highest BCUT2D eigenvalue weighted by molar-refractivity contribution is 8.26. The van der Waals surface area contributed by atoms with Crippen LogP contribution in [-0.2, 0) is 18.4 Å². The number of unbranched alkanes of at least 4 members (excludes halogenated alkanes) is 9. The van der Waals surface area contributed by atoms with Crippen molar-refractivity contribution < 1.29 is 4.79 Å². The van der Waals surface area contributed by atoms with Crippen molar-refractivity contribution in [2.45, 2.75) is 84.6 Å². The number of thiocarbonyl (C=S) groups is 1. The Bertz CT molecular complexity index is 1420. The van der Waals surface area contributed by atoms with Gasteiger partial charge in [-0.3, -0.25) is 24.0 Å². The average Bonchev–Trinajstić information content (AvgIpc) is 3.29. The molecule has 4 rings (SSSR count). The number of hydrogen-bond donors (Lipinski definition) is 0. The zero-order valence-corrected chi connectivity index (χ0v) is 28.3. The maximum Gasteiger partial charge on any atom is 0.270 e. The molecule has 2 saturated heterocycles. The van der Waals surface area contributed by atoms with Crippen LogP contribution >= 0.6 is 24.0 Å². The number of pyridine rings is 1. The standard InChI is InChI=1S/C35H47N5O2S2/c1-4-5-6-7-8-9-10-11-12-16-19-40-34(42)31(44-35(40)43)24-29-27(2)30(25-36)33(41)37(3)32(29)39-22-20-38(21-23-39)26-28-17-14-13-15-18-28/h13-15,17-18,24H,4-12,16,19-23,26H2,1-3H3. The van der Waals surface area contributed by atoms with Gasteiger partial charge in [-0.15, -0.1) is 0 Å². The molecule has 7 nitrogen and oxygen atoms in total. The second-order valence-electron chi connectivity index (χ2n) is 12.0. The number of nitriles is 1. The minimum absolute atomic E-state index is 0.0821. The molecule has 1 aromatic heterocycles. The van der Waals surface area contributed by atoms with Gasteiger partial charge in [-0.1, -0.05) is 119 Å². The number of aromatic nitrogens is 1. The Morgan fingerprint density at radius 3 is 2.16 bits per heavy atom. The SMILES string of the molecule is CCCCCCCCCCCCN1C(=O)C(=Cc2c(C)c(C#N)c(=O)n(C)c2N2CCN(Cc3ccccc3)CC2)SC1=S. The van der Waals surface area contributed by atoms with E-state index < -0.39 is 0 Å². The van der Waals surface area contributed by atoms with E-state index in [1.165, 1.54) is 68.7 Å². The lowest BCUT2D eigenvalue weighted by Crippen LogP contribution is -2.48. The minimum Gasteiger partial charge on any atom is -0.355 e. The normalized spacial score (nSPS) is 16.7. The molecule has 1 aromatic carbocycles. The van der Waals surface area contributed by atoms with Crippen molar-refractivity contribution in [1.29, 1.82) is 5.26 Å². The molecular weight excluding hydrogens is 587 g/mol. The van der Waals surface area contributed by atoms with Gasteiger partial charge in [0, 0.05) is 51.9 Å². The fourth-order valence-corrected chi connectivity index (χ4v) is 7.43. The van der Waals surface area contributed by atoms with Crippen molar-refractivity contribution in [2.75, 3.05) is 37.6 Å². The van der Waals surface area contributed by atoms with Crippen LogP contribution in [0, 0.1) is 18.3 Å². The zero-order chi connectivity index (χ0) is 31.5. The number of hydrogen-bond acceptors (Lipinski definition) is 7. The molecule has 2 fully saturated rings. The molecule has 2 aliphatic rings. The van der Waals surface area contributed by atoms with Crippen molar-refractivity contribution in [3.05, 3.63) is 67.8 Å². The van der Waals surface area contributed by atoms with Gasteiger partial charge in [0.2, 0.25) is 0 Å². The molecular formula is C35H47N5O2S2. The molecule has 0 N–H and O–H groups in total. The highest BCUT2D eigenvalue weighted by Gasteiger charge is 2.33. The molecule has 2 aromatic rings. The van der Waals surface area contributed by atoms with Crippen molar-refractivity contribution in [2.24, 2.45) is 7.05 Å². The first kappa shape index (κ1) is 34.0. The van der Waals surface area contributed by atoms with Crippen LogP contribution in [0.3, 0.4) is 0 Å². The predicted octanol–water partition coefficient (Wildman–Crippen LogP) is 7.01. The smallest absolute Gasteiger partial charge is 0.270 e. The first-order valence-electron chi connectivity index (χ1n) is 16.3. The second kappa shape index (κ2) is 17.0. The van der Waals surface area contributed by atoms with Crippen LogP contribution in [0.1, 0.15) is 93.4 Å². The summed E-state index contributed by atoms with van der Waals surface area (Å²) in [6.07, 6.45) is 14.3. The number of anilines is 1. The van der Waals surface area contributed by atoms with Gasteiger partial charge in [-0.2, -0.15) is 5.26 Å². The first-order chi connectivity index (χ1) is 21.3. The van der Waals surface area contributed by atoms with Gasteiger partial charge in [-0.25, -0.2) is 0 Å². The quantitative estimate of drug-likeness (QED) is 0.119. The number of carbonyl (C=O) groups excluding carboxylic acids is 1. The topological polar surface area (TPSA) is 72.6 Å². The zero-order valence-electron chi connectivity index (χ0n) is 26.6. The minimum atomic E-state index is -0.308.